The number of benzene rings is 4. The summed E-state index contributed by atoms with van der Waals surface area (Å²) in [6, 6.07) is 45.4. The molecule has 1 nitrogen and oxygen atoms in total. The molecule has 0 saturated heterocycles. The monoisotopic (exact) mass is 661 g/mol. The smallest absolute Gasteiger partial charge is 0.207 e. The zero-order valence-corrected chi connectivity index (χ0v) is 29.7. The van der Waals surface area contributed by atoms with Crippen LogP contribution in [0.4, 0.5) is 0 Å². The first-order chi connectivity index (χ1) is 25.1. The Morgan fingerprint density at radius 3 is 1.86 bits per heavy atom. The first-order valence-corrected chi connectivity index (χ1v) is 18.5. The van der Waals surface area contributed by atoms with E-state index in [-0.39, 0.29) is 0 Å². The van der Waals surface area contributed by atoms with E-state index in [2.05, 4.69) is 178 Å². The van der Waals surface area contributed by atoms with Gasteiger partial charge in [-0.2, -0.15) is 0 Å². The SMILES string of the molecule is CC1CC(C=CC=CC=C2CC(C)Cc3c(-c4ccccc4)cc(-c4ccccc4)[o+]c32)=C2CC(c3ccccc3)=CC(c3ccccc3)=C2C1. The fraction of sp³-hybridized carbons (Fsp3) is 0.180. The van der Waals surface area contributed by atoms with Crippen LogP contribution in [-0.4, -0.2) is 0 Å². The van der Waals surface area contributed by atoms with Crippen LogP contribution in [0.2, 0.25) is 0 Å². The van der Waals surface area contributed by atoms with Gasteiger partial charge in [0, 0.05) is 5.56 Å². The lowest BCUT2D eigenvalue weighted by Gasteiger charge is -2.32. The Labute approximate surface area is 303 Å². The lowest BCUT2D eigenvalue weighted by Crippen LogP contribution is -2.14. The molecule has 0 bridgehead atoms. The van der Waals surface area contributed by atoms with E-state index in [1.807, 2.05) is 0 Å². The van der Waals surface area contributed by atoms with Crippen molar-refractivity contribution in [2.75, 3.05) is 0 Å². The number of allylic oxidation sites excluding steroid dienone is 12. The molecule has 0 N–H and O–H groups in total. The van der Waals surface area contributed by atoms with E-state index in [0.717, 1.165) is 49.2 Å². The molecule has 1 aromatic heterocycles. The van der Waals surface area contributed by atoms with Crippen LogP contribution in [0.15, 0.2) is 185 Å². The second-order valence-corrected chi connectivity index (χ2v) is 14.5. The lowest BCUT2D eigenvalue weighted by molar-refractivity contribution is 0.493. The van der Waals surface area contributed by atoms with Gasteiger partial charge in [0.2, 0.25) is 0 Å². The van der Waals surface area contributed by atoms with Crippen molar-refractivity contribution in [2.24, 2.45) is 11.8 Å². The molecular formula is C50H45O+. The second kappa shape index (κ2) is 14.8. The number of rotatable bonds is 7. The minimum Gasteiger partial charge on any atom is -0.207 e. The maximum Gasteiger partial charge on any atom is 0.361 e. The van der Waals surface area contributed by atoms with Crippen LogP contribution in [0.3, 0.4) is 0 Å². The normalized spacial score (nSPS) is 19.8. The van der Waals surface area contributed by atoms with E-state index in [1.54, 1.807) is 0 Å². The predicted molar refractivity (Wildman–Crippen MR) is 216 cm³/mol. The molecule has 3 aliphatic carbocycles. The highest BCUT2D eigenvalue weighted by Gasteiger charge is 2.34. The van der Waals surface area contributed by atoms with Gasteiger partial charge in [-0.1, -0.05) is 147 Å². The van der Waals surface area contributed by atoms with E-state index in [9.17, 15) is 0 Å². The number of fused-ring (bicyclic) bond motifs is 2. The molecule has 51 heavy (non-hydrogen) atoms. The molecule has 250 valence electrons. The molecule has 2 unspecified atom stereocenters. The molecule has 0 aliphatic heterocycles. The summed E-state index contributed by atoms with van der Waals surface area (Å²) in [6.07, 6.45) is 19.0. The third-order valence-electron chi connectivity index (χ3n) is 10.6. The molecule has 0 spiro atoms. The minimum atomic E-state index is 0.533. The molecule has 2 atom stereocenters. The Bertz CT molecular complexity index is 2210. The summed E-state index contributed by atoms with van der Waals surface area (Å²) >= 11 is 0. The molecule has 4 aromatic carbocycles. The predicted octanol–water partition coefficient (Wildman–Crippen LogP) is 13.6. The zero-order valence-electron chi connectivity index (χ0n) is 29.7. The average molecular weight is 662 g/mol. The van der Waals surface area contributed by atoms with Crippen molar-refractivity contribution in [3.8, 4) is 22.5 Å². The van der Waals surface area contributed by atoms with Crippen molar-refractivity contribution in [1.29, 1.82) is 0 Å². The molecule has 0 saturated carbocycles. The van der Waals surface area contributed by atoms with Crippen molar-refractivity contribution in [3.63, 3.8) is 0 Å². The van der Waals surface area contributed by atoms with Crippen molar-refractivity contribution in [3.05, 3.63) is 203 Å². The fourth-order valence-corrected chi connectivity index (χ4v) is 8.18. The van der Waals surface area contributed by atoms with Gasteiger partial charge < -0.3 is 0 Å². The summed E-state index contributed by atoms with van der Waals surface area (Å²) in [7, 11) is 0. The van der Waals surface area contributed by atoms with Crippen LogP contribution >= 0.6 is 0 Å². The maximum absolute atomic E-state index is 6.79. The van der Waals surface area contributed by atoms with E-state index in [1.165, 1.54) is 61.3 Å². The van der Waals surface area contributed by atoms with Crippen molar-refractivity contribution in [1.82, 2.24) is 0 Å². The van der Waals surface area contributed by atoms with Crippen molar-refractivity contribution in [2.45, 2.75) is 46.0 Å². The summed E-state index contributed by atoms with van der Waals surface area (Å²) in [4.78, 5) is 0. The van der Waals surface area contributed by atoms with Gasteiger partial charge in [-0.15, -0.1) is 0 Å². The Kier molecular flexibility index (Phi) is 9.45. The molecule has 0 radical (unpaired) electrons. The van der Waals surface area contributed by atoms with Gasteiger partial charge in [0.15, 0.2) is 0 Å². The molecule has 8 rings (SSSR count). The largest absolute Gasteiger partial charge is 0.361 e. The van der Waals surface area contributed by atoms with Crippen molar-refractivity contribution < 1.29 is 4.42 Å². The van der Waals surface area contributed by atoms with Gasteiger partial charge in [0.1, 0.15) is 0 Å². The van der Waals surface area contributed by atoms with Gasteiger partial charge in [-0.05, 0) is 113 Å². The Morgan fingerprint density at radius 1 is 0.569 bits per heavy atom. The molecule has 5 aromatic rings. The standard InChI is InChI=1S/C50H45O/c1-35-28-41(45-33-43(37-18-8-3-9-19-37)32-44(47(45)30-35)38-20-10-4-11-21-38)26-16-7-17-27-42-29-36(2)31-48-46(39-22-12-5-13-23-39)34-49(51-50(42)48)40-24-14-6-15-25-40/h3-27,32,34-36H,28-31,33H2,1-2H3/q+1. The Morgan fingerprint density at radius 2 is 1.18 bits per heavy atom. The minimum absolute atomic E-state index is 0.533. The first kappa shape index (κ1) is 32.7. The summed E-state index contributed by atoms with van der Waals surface area (Å²) in [5.41, 5.74) is 16.1. The number of hydrogen-bond acceptors (Lipinski definition) is 0. The van der Waals surface area contributed by atoms with Gasteiger partial charge in [0.05, 0.1) is 22.8 Å². The van der Waals surface area contributed by atoms with Gasteiger partial charge in [0.25, 0.3) is 0 Å². The third-order valence-corrected chi connectivity index (χ3v) is 10.6. The first-order valence-electron chi connectivity index (χ1n) is 18.5. The summed E-state index contributed by atoms with van der Waals surface area (Å²) in [5.74, 6) is 3.07. The summed E-state index contributed by atoms with van der Waals surface area (Å²) in [6.45, 7) is 4.75. The molecule has 3 aliphatic rings. The lowest BCUT2D eigenvalue weighted by atomic mass is 9.72. The van der Waals surface area contributed by atoms with Crippen LogP contribution in [-0.2, 0) is 6.42 Å². The third kappa shape index (κ3) is 7.08. The quantitative estimate of drug-likeness (QED) is 0.125. The van der Waals surface area contributed by atoms with Gasteiger partial charge in [-0.3, -0.25) is 0 Å². The van der Waals surface area contributed by atoms with Crippen LogP contribution in [0.25, 0.3) is 39.2 Å². The molecular weight excluding hydrogens is 617 g/mol. The maximum atomic E-state index is 6.79. The van der Waals surface area contributed by atoms with Crippen LogP contribution in [0, 0.1) is 11.8 Å². The summed E-state index contributed by atoms with van der Waals surface area (Å²) < 4.78 is 6.79. The molecule has 0 amide bonds. The Balaban J connectivity index is 1.15. The zero-order chi connectivity index (χ0) is 34.6. The van der Waals surface area contributed by atoms with Crippen molar-refractivity contribution >= 4 is 16.7 Å². The van der Waals surface area contributed by atoms with Crippen LogP contribution < -0.4 is 0 Å². The highest BCUT2D eigenvalue weighted by atomic mass is 16.3. The van der Waals surface area contributed by atoms with Gasteiger partial charge >= 0.3 is 11.5 Å². The van der Waals surface area contributed by atoms with E-state index >= 15 is 0 Å². The van der Waals surface area contributed by atoms with E-state index in [4.69, 9.17) is 4.42 Å². The molecule has 0 fully saturated rings. The second-order valence-electron chi connectivity index (χ2n) is 14.5. The fourth-order valence-electron chi connectivity index (χ4n) is 8.18. The highest BCUT2D eigenvalue weighted by Crippen LogP contribution is 2.47. The van der Waals surface area contributed by atoms with Crippen LogP contribution in [0.5, 0.6) is 0 Å². The number of hydrogen-bond donors (Lipinski definition) is 0. The van der Waals surface area contributed by atoms with E-state index < -0.39 is 0 Å². The summed E-state index contributed by atoms with van der Waals surface area (Å²) in [5, 5.41) is 0. The topological polar surface area (TPSA) is 11.3 Å². The highest BCUT2D eigenvalue weighted by molar-refractivity contribution is 5.92. The van der Waals surface area contributed by atoms with E-state index in [0.29, 0.717) is 11.8 Å². The van der Waals surface area contributed by atoms with Crippen LogP contribution in [0.1, 0.15) is 62.0 Å². The average Bonchev–Trinajstić information content (AvgIpc) is 3.18. The molecule has 1 heterocycles. The van der Waals surface area contributed by atoms with Gasteiger partial charge in [-0.25, -0.2) is 4.42 Å². The molecule has 1 heteroatoms. The Hall–Kier alpha value is -5.53.